The molecule has 0 unspecified atom stereocenters. The molecule has 0 bridgehead atoms. The fraction of sp³-hybridized carbons (Fsp3) is 0.174. The van der Waals surface area contributed by atoms with E-state index in [0.717, 1.165) is 22.6 Å². The molecule has 0 fully saturated rings. The van der Waals surface area contributed by atoms with Crippen LogP contribution in [0.2, 0.25) is 15.1 Å². The minimum atomic E-state index is -0.131. The zero-order chi connectivity index (χ0) is 21.3. The lowest BCUT2D eigenvalue weighted by molar-refractivity contribution is 0.0955. The van der Waals surface area contributed by atoms with Crippen LogP contribution in [0.3, 0.4) is 0 Å². The molecule has 0 saturated heterocycles. The lowest BCUT2D eigenvalue weighted by Gasteiger charge is -2.10. The first kappa shape index (κ1) is 22.8. The summed E-state index contributed by atoms with van der Waals surface area (Å²) in [6, 6.07) is 20.2. The summed E-state index contributed by atoms with van der Waals surface area (Å²) in [5, 5.41) is 4.70. The number of ether oxygens (including phenoxy) is 1. The van der Waals surface area contributed by atoms with E-state index in [4.69, 9.17) is 39.5 Å². The Morgan fingerprint density at radius 3 is 2.53 bits per heavy atom. The summed E-state index contributed by atoms with van der Waals surface area (Å²) >= 11 is 19.8. The van der Waals surface area contributed by atoms with Crippen molar-refractivity contribution in [1.82, 2.24) is 5.32 Å². The van der Waals surface area contributed by atoms with Crippen LogP contribution >= 0.6 is 46.6 Å². The summed E-state index contributed by atoms with van der Waals surface area (Å²) in [5.74, 6) is 2.08. The number of hydrogen-bond acceptors (Lipinski definition) is 3. The zero-order valence-electron chi connectivity index (χ0n) is 16.0. The molecule has 0 aliphatic heterocycles. The summed E-state index contributed by atoms with van der Waals surface area (Å²) < 4.78 is 5.79. The highest BCUT2D eigenvalue weighted by atomic mass is 35.5. The molecule has 7 heteroatoms. The van der Waals surface area contributed by atoms with E-state index in [2.05, 4.69) is 5.32 Å². The first-order valence-electron chi connectivity index (χ1n) is 9.29. The van der Waals surface area contributed by atoms with Crippen LogP contribution in [0.25, 0.3) is 0 Å². The topological polar surface area (TPSA) is 38.3 Å². The summed E-state index contributed by atoms with van der Waals surface area (Å²) in [6.07, 6.45) is 0. The van der Waals surface area contributed by atoms with Gasteiger partial charge in [-0.3, -0.25) is 4.79 Å². The van der Waals surface area contributed by atoms with Crippen molar-refractivity contribution in [3.63, 3.8) is 0 Å². The first-order valence-corrected chi connectivity index (χ1v) is 11.6. The van der Waals surface area contributed by atoms with Gasteiger partial charge in [0.25, 0.3) is 5.91 Å². The lowest BCUT2D eigenvalue weighted by atomic mass is 10.2. The monoisotopic (exact) mass is 479 g/mol. The molecule has 0 atom stereocenters. The average molecular weight is 481 g/mol. The van der Waals surface area contributed by atoms with Crippen LogP contribution in [0.4, 0.5) is 0 Å². The van der Waals surface area contributed by atoms with Gasteiger partial charge in [0.2, 0.25) is 0 Å². The Bertz CT molecular complexity index is 1010. The van der Waals surface area contributed by atoms with Crippen LogP contribution in [0, 0.1) is 0 Å². The molecule has 0 heterocycles. The maximum absolute atomic E-state index is 12.4. The maximum Gasteiger partial charge on any atom is 0.251 e. The largest absolute Gasteiger partial charge is 0.489 e. The van der Waals surface area contributed by atoms with Crippen molar-refractivity contribution in [3.8, 4) is 5.75 Å². The van der Waals surface area contributed by atoms with E-state index in [-0.39, 0.29) is 5.91 Å². The van der Waals surface area contributed by atoms with Crippen LogP contribution in [-0.4, -0.2) is 18.2 Å². The Kier molecular flexibility index (Phi) is 8.76. The van der Waals surface area contributed by atoms with Gasteiger partial charge in [0.1, 0.15) is 12.4 Å². The Morgan fingerprint density at radius 2 is 1.73 bits per heavy atom. The number of amides is 1. The zero-order valence-corrected chi connectivity index (χ0v) is 19.1. The molecule has 0 saturated carbocycles. The van der Waals surface area contributed by atoms with E-state index in [1.54, 1.807) is 36.0 Å². The molecule has 3 rings (SSSR count). The number of hydrogen-bond donors (Lipinski definition) is 1. The molecule has 156 valence electrons. The summed E-state index contributed by atoms with van der Waals surface area (Å²) in [7, 11) is 0. The molecule has 3 aromatic rings. The van der Waals surface area contributed by atoms with E-state index in [1.165, 1.54) is 0 Å². The second-order valence-corrected chi connectivity index (χ2v) is 8.79. The quantitative estimate of drug-likeness (QED) is 0.339. The van der Waals surface area contributed by atoms with E-state index in [1.807, 2.05) is 42.5 Å². The number of rotatable bonds is 9. The molecule has 0 radical (unpaired) electrons. The normalized spacial score (nSPS) is 10.6. The highest BCUT2D eigenvalue weighted by Crippen LogP contribution is 2.24. The van der Waals surface area contributed by atoms with Crippen molar-refractivity contribution < 1.29 is 9.53 Å². The van der Waals surface area contributed by atoms with Gasteiger partial charge in [-0.05, 0) is 42.0 Å². The standard InChI is InChI=1S/C23H20Cl3NO2S/c24-20-7-2-1-4-18(20)14-29-19-6-3-5-17(13-19)23(28)27-10-11-30-15-16-8-9-21(25)22(26)12-16/h1-9,12-13H,10-11,14-15H2,(H,27,28). The van der Waals surface area contributed by atoms with Crippen molar-refractivity contribution in [2.24, 2.45) is 0 Å². The summed E-state index contributed by atoms with van der Waals surface area (Å²) in [6.45, 7) is 0.908. The van der Waals surface area contributed by atoms with Gasteiger partial charge in [-0.1, -0.05) is 65.1 Å². The third-order valence-corrected chi connectivity index (χ3v) is 6.37. The molecular weight excluding hydrogens is 461 g/mol. The van der Waals surface area contributed by atoms with Crippen molar-refractivity contribution in [3.05, 3.63) is 98.5 Å². The van der Waals surface area contributed by atoms with Crippen LogP contribution in [0.1, 0.15) is 21.5 Å². The Hall–Kier alpha value is -1.85. The molecule has 0 aliphatic carbocycles. The van der Waals surface area contributed by atoms with E-state index >= 15 is 0 Å². The van der Waals surface area contributed by atoms with Gasteiger partial charge in [0.15, 0.2) is 0 Å². The molecule has 1 N–H and O–H groups in total. The van der Waals surface area contributed by atoms with Gasteiger partial charge in [0.05, 0.1) is 10.0 Å². The van der Waals surface area contributed by atoms with Crippen molar-refractivity contribution in [1.29, 1.82) is 0 Å². The van der Waals surface area contributed by atoms with Crippen LogP contribution in [0.15, 0.2) is 66.7 Å². The van der Waals surface area contributed by atoms with Gasteiger partial charge in [-0.15, -0.1) is 0 Å². The van der Waals surface area contributed by atoms with Gasteiger partial charge < -0.3 is 10.1 Å². The predicted molar refractivity (Wildman–Crippen MR) is 127 cm³/mol. The lowest BCUT2D eigenvalue weighted by Crippen LogP contribution is -2.25. The Balaban J connectivity index is 1.43. The third-order valence-electron chi connectivity index (χ3n) is 4.23. The molecule has 1 amide bonds. The predicted octanol–water partition coefficient (Wildman–Crippen LogP) is 6.89. The number of carbonyl (C=O) groups is 1. The van der Waals surface area contributed by atoms with Crippen molar-refractivity contribution in [2.45, 2.75) is 12.4 Å². The molecule has 0 aromatic heterocycles. The Labute approximate surface area is 195 Å². The van der Waals surface area contributed by atoms with Crippen molar-refractivity contribution >= 4 is 52.5 Å². The molecular formula is C23H20Cl3NO2S. The fourth-order valence-electron chi connectivity index (χ4n) is 2.66. The average Bonchev–Trinajstić information content (AvgIpc) is 2.75. The Morgan fingerprint density at radius 1 is 0.900 bits per heavy atom. The first-order chi connectivity index (χ1) is 14.5. The van der Waals surface area contributed by atoms with E-state index in [0.29, 0.717) is 39.5 Å². The van der Waals surface area contributed by atoms with Crippen LogP contribution < -0.4 is 10.1 Å². The van der Waals surface area contributed by atoms with E-state index < -0.39 is 0 Å². The number of benzene rings is 3. The smallest absolute Gasteiger partial charge is 0.251 e. The second kappa shape index (κ2) is 11.5. The SMILES string of the molecule is O=C(NCCSCc1ccc(Cl)c(Cl)c1)c1cccc(OCc2ccccc2Cl)c1. The van der Waals surface area contributed by atoms with Gasteiger partial charge in [0, 0.05) is 34.2 Å². The minimum absolute atomic E-state index is 0.131. The minimum Gasteiger partial charge on any atom is -0.489 e. The summed E-state index contributed by atoms with van der Waals surface area (Å²) in [4.78, 5) is 12.4. The number of halogens is 3. The molecule has 30 heavy (non-hydrogen) atoms. The van der Waals surface area contributed by atoms with Gasteiger partial charge >= 0.3 is 0 Å². The fourth-order valence-corrected chi connectivity index (χ4v) is 3.98. The maximum atomic E-state index is 12.4. The van der Waals surface area contributed by atoms with Crippen LogP contribution in [0.5, 0.6) is 5.75 Å². The van der Waals surface area contributed by atoms with Crippen LogP contribution in [-0.2, 0) is 12.4 Å². The molecule has 0 spiro atoms. The molecule has 3 nitrogen and oxygen atoms in total. The summed E-state index contributed by atoms with van der Waals surface area (Å²) in [5.41, 5.74) is 2.55. The van der Waals surface area contributed by atoms with Crippen molar-refractivity contribution in [2.75, 3.05) is 12.3 Å². The van der Waals surface area contributed by atoms with E-state index in [9.17, 15) is 4.79 Å². The highest BCUT2D eigenvalue weighted by molar-refractivity contribution is 7.98. The third kappa shape index (κ3) is 6.85. The number of nitrogens with one attached hydrogen (secondary N) is 1. The number of thioether (sulfide) groups is 1. The second-order valence-electron chi connectivity index (χ2n) is 6.46. The van der Waals surface area contributed by atoms with Gasteiger partial charge in [-0.25, -0.2) is 0 Å². The molecule has 0 aliphatic rings. The number of carbonyl (C=O) groups excluding carboxylic acids is 1. The highest BCUT2D eigenvalue weighted by Gasteiger charge is 2.07. The van der Waals surface area contributed by atoms with Gasteiger partial charge in [-0.2, -0.15) is 11.8 Å². The molecule has 3 aromatic carbocycles.